The lowest BCUT2D eigenvalue weighted by Crippen LogP contribution is -2.31. The average molecular weight is 354 g/mol. The molecule has 2 aromatic rings. The van der Waals surface area contributed by atoms with Crippen LogP contribution in [0.15, 0.2) is 48.5 Å². The Morgan fingerprint density at radius 1 is 0.885 bits per heavy atom. The second kappa shape index (κ2) is 8.80. The third-order valence-corrected chi connectivity index (χ3v) is 3.96. The number of carbonyl (C=O) groups excluding carboxylic acids is 3. The first-order valence-corrected chi connectivity index (χ1v) is 8.35. The summed E-state index contributed by atoms with van der Waals surface area (Å²) < 4.78 is 4.63. The molecule has 2 amide bonds. The van der Waals surface area contributed by atoms with Crippen LogP contribution >= 0.6 is 0 Å². The van der Waals surface area contributed by atoms with Gasteiger partial charge in [0.15, 0.2) is 0 Å². The molecular weight excluding hydrogens is 332 g/mol. The summed E-state index contributed by atoms with van der Waals surface area (Å²) in [6, 6.07) is 12.9. The first-order valence-electron chi connectivity index (χ1n) is 8.35. The van der Waals surface area contributed by atoms with Gasteiger partial charge in [-0.15, -0.1) is 0 Å². The maximum absolute atomic E-state index is 12.3. The third-order valence-electron chi connectivity index (χ3n) is 3.96. The molecule has 1 atom stereocenters. The van der Waals surface area contributed by atoms with E-state index < -0.39 is 5.97 Å². The van der Waals surface area contributed by atoms with Crippen LogP contribution in [0, 0.1) is 0 Å². The lowest BCUT2D eigenvalue weighted by atomic mass is 10.1. The summed E-state index contributed by atoms with van der Waals surface area (Å²) in [7, 11) is 1.31. The van der Waals surface area contributed by atoms with Crippen LogP contribution in [-0.4, -0.2) is 30.9 Å². The van der Waals surface area contributed by atoms with Crippen molar-refractivity contribution in [1.29, 1.82) is 0 Å². The van der Waals surface area contributed by atoms with E-state index in [4.69, 9.17) is 0 Å². The maximum atomic E-state index is 12.3. The topological polar surface area (TPSA) is 84.5 Å². The number of carbonyl (C=O) groups is 3. The monoisotopic (exact) mass is 354 g/mol. The maximum Gasteiger partial charge on any atom is 0.337 e. The van der Waals surface area contributed by atoms with E-state index in [1.54, 1.807) is 48.5 Å². The second-order valence-corrected chi connectivity index (χ2v) is 5.88. The van der Waals surface area contributed by atoms with Gasteiger partial charge in [0.1, 0.15) is 0 Å². The number of nitrogens with one attached hydrogen (secondary N) is 2. The van der Waals surface area contributed by atoms with Crippen LogP contribution in [0.3, 0.4) is 0 Å². The highest BCUT2D eigenvalue weighted by molar-refractivity contribution is 6.05. The van der Waals surface area contributed by atoms with Gasteiger partial charge in [0.25, 0.3) is 11.8 Å². The molecule has 26 heavy (non-hydrogen) atoms. The van der Waals surface area contributed by atoms with Crippen molar-refractivity contribution in [3.8, 4) is 0 Å². The highest BCUT2D eigenvalue weighted by Gasteiger charge is 2.11. The number of hydrogen-bond donors (Lipinski definition) is 2. The number of esters is 1. The summed E-state index contributed by atoms with van der Waals surface area (Å²) in [5, 5.41) is 5.62. The van der Waals surface area contributed by atoms with E-state index in [1.165, 1.54) is 7.11 Å². The van der Waals surface area contributed by atoms with Crippen molar-refractivity contribution < 1.29 is 19.1 Å². The van der Waals surface area contributed by atoms with Crippen LogP contribution < -0.4 is 10.6 Å². The molecule has 6 heteroatoms. The van der Waals surface area contributed by atoms with E-state index in [9.17, 15) is 14.4 Å². The highest BCUT2D eigenvalue weighted by atomic mass is 16.5. The van der Waals surface area contributed by atoms with Gasteiger partial charge in [-0.1, -0.05) is 6.92 Å². The standard InChI is InChI=1S/C20H22N2O4/c1-4-13(2)21-18(23)14-5-7-15(8-6-14)19(24)22-17-11-9-16(10-12-17)20(25)26-3/h5-13H,4H2,1-3H3,(H,21,23)(H,22,24). The minimum atomic E-state index is -0.436. The quantitative estimate of drug-likeness (QED) is 0.780. The molecule has 0 bridgehead atoms. The Morgan fingerprint density at radius 3 is 1.88 bits per heavy atom. The number of ether oxygens (including phenoxy) is 1. The van der Waals surface area contributed by atoms with E-state index in [0.29, 0.717) is 22.4 Å². The Kier molecular flexibility index (Phi) is 6.49. The van der Waals surface area contributed by atoms with E-state index in [1.807, 2.05) is 13.8 Å². The van der Waals surface area contributed by atoms with Crippen LogP contribution in [0.4, 0.5) is 5.69 Å². The van der Waals surface area contributed by atoms with Crippen molar-refractivity contribution in [3.63, 3.8) is 0 Å². The zero-order valence-corrected chi connectivity index (χ0v) is 15.0. The van der Waals surface area contributed by atoms with Crippen molar-refractivity contribution in [2.24, 2.45) is 0 Å². The number of rotatable bonds is 6. The van der Waals surface area contributed by atoms with Crippen molar-refractivity contribution in [2.45, 2.75) is 26.3 Å². The van der Waals surface area contributed by atoms with Crippen LogP contribution in [0.1, 0.15) is 51.3 Å². The Balaban J connectivity index is 2.01. The first kappa shape index (κ1) is 19.2. The molecule has 0 saturated carbocycles. The summed E-state index contributed by atoms with van der Waals surface area (Å²) in [4.78, 5) is 35.7. The Morgan fingerprint density at radius 2 is 1.38 bits per heavy atom. The van der Waals surface area contributed by atoms with E-state index in [2.05, 4.69) is 15.4 Å². The van der Waals surface area contributed by atoms with Crippen LogP contribution in [0.5, 0.6) is 0 Å². The lowest BCUT2D eigenvalue weighted by Gasteiger charge is -2.11. The number of methoxy groups -OCH3 is 1. The first-order chi connectivity index (χ1) is 12.4. The van der Waals surface area contributed by atoms with Gasteiger partial charge in [0.05, 0.1) is 12.7 Å². The molecule has 0 aromatic heterocycles. The molecule has 2 N–H and O–H groups in total. The minimum absolute atomic E-state index is 0.0958. The van der Waals surface area contributed by atoms with Crippen molar-refractivity contribution >= 4 is 23.5 Å². The summed E-state index contributed by atoms with van der Waals surface area (Å²) in [5.74, 6) is -0.899. The largest absolute Gasteiger partial charge is 0.465 e. The van der Waals surface area contributed by atoms with Gasteiger partial charge in [-0.2, -0.15) is 0 Å². The smallest absolute Gasteiger partial charge is 0.337 e. The molecule has 136 valence electrons. The number of benzene rings is 2. The molecule has 2 rings (SSSR count). The van der Waals surface area contributed by atoms with Crippen molar-refractivity contribution in [2.75, 3.05) is 12.4 Å². The van der Waals surface area contributed by atoms with Gasteiger partial charge in [-0.3, -0.25) is 9.59 Å². The molecule has 1 unspecified atom stereocenters. The number of hydrogen-bond acceptors (Lipinski definition) is 4. The summed E-state index contributed by atoms with van der Waals surface area (Å²) in [6.07, 6.45) is 0.848. The van der Waals surface area contributed by atoms with Crippen molar-refractivity contribution in [1.82, 2.24) is 5.32 Å². The van der Waals surface area contributed by atoms with Gasteiger partial charge < -0.3 is 15.4 Å². The normalized spacial score (nSPS) is 11.3. The Labute approximate surface area is 152 Å². The van der Waals surface area contributed by atoms with Gasteiger partial charge in [-0.05, 0) is 61.9 Å². The molecule has 0 aliphatic carbocycles. The van der Waals surface area contributed by atoms with E-state index in [0.717, 1.165) is 6.42 Å². The minimum Gasteiger partial charge on any atom is -0.465 e. The Hall–Kier alpha value is -3.15. The zero-order valence-electron chi connectivity index (χ0n) is 15.0. The third kappa shape index (κ3) is 4.92. The average Bonchev–Trinajstić information content (AvgIpc) is 2.67. The molecular formula is C20H22N2O4. The van der Waals surface area contributed by atoms with Crippen LogP contribution in [0.2, 0.25) is 0 Å². The second-order valence-electron chi connectivity index (χ2n) is 5.88. The molecule has 2 aromatic carbocycles. The molecule has 0 spiro atoms. The summed E-state index contributed by atoms with van der Waals surface area (Å²) in [6.45, 7) is 3.93. The number of anilines is 1. The molecule has 0 aliphatic rings. The fraction of sp³-hybridized carbons (Fsp3) is 0.250. The van der Waals surface area contributed by atoms with Gasteiger partial charge in [0.2, 0.25) is 0 Å². The predicted molar refractivity (Wildman–Crippen MR) is 99.4 cm³/mol. The van der Waals surface area contributed by atoms with Crippen molar-refractivity contribution in [3.05, 3.63) is 65.2 Å². The van der Waals surface area contributed by atoms with E-state index in [-0.39, 0.29) is 17.9 Å². The fourth-order valence-electron chi connectivity index (χ4n) is 2.19. The highest BCUT2D eigenvalue weighted by Crippen LogP contribution is 2.13. The van der Waals surface area contributed by atoms with Gasteiger partial charge in [0, 0.05) is 22.9 Å². The SMILES string of the molecule is CCC(C)NC(=O)c1ccc(C(=O)Nc2ccc(C(=O)OC)cc2)cc1. The molecule has 0 saturated heterocycles. The summed E-state index contributed by atoms with van der Waals surface area (Å²) in [5.41, 5.74) is 1.90. The van der Waals surface area contributed by atoms with E-state index >= 15 is 0 Å². The van der Waals surface area contributed by atoms with Gasteiger partial charge >= 0.3 is 5.97 Å². The zero-order chi connectivity index (χ0) is 19.1. The summed E-state index contributed by atoms with van der Waals surface area (Å²) >= 11 is 0. The lowest BCUT2D eigenvalue weighted by molar-refractivity contribution is 0.0600. The fourth-order valence-corrected chi connectivity index (χ4v) is 2.19. The Bertz CT molecular complexity index is 782. The molecule has 0 fully saturated rings. The molecule has 0 heterocycles. The molecule has 6 nitrogen and oxygen atoms in total. The van der Waals surface area contributed by atoms with Crippen LogP contribution in [-0.2, 0) is 4.74 Å². The molecule has 0 radical (unpaired) electrons. The molecule has 0 aliphatic heterocycles. The van der Waals surface area contributed by atoms with Crippen LogP contribution in [0.25, 0.3) is 0 Å². The number of amides is 2. The predicted octanol–water partition coefficient (Wildman–Crippen LogP) is 3.25. The van der Waals surface area contributed by atoms with Gasteiger partial charge in [-0.25, -0.2) is 4.79 Å².